The Morgan fingerprint density at radius 2 is 1.70 bits per heavy atom. The number of allylic oxidation sites excluding steroid dienone is 2. The number of fused-ring (bicyclic) bond motifs is 1. The fourth-order valence-electron chi connectivity index (χ4n) is 5.17. The molecular weight excluding hydrogens is 572 g/mol. The molecular formula is C31H36N4O7S. The zero-order chi connectivity index (χ0) is 31.5. The Morgan fingerprint density at radius 3 is 2.35 bits per heavy atom. The maximum absolute atomic E-state index is 13.1. The zero-order valence-corrected chi connectivity index (χ0v) is 25.3. The Hall–Kier alpha value is -4.15. The normalized spacial score (nSPS) is 20.5. The minimum absolute atomic E-state index is 0.163. The molecule has 43 heavy (non-hydrogen) atoms. The van der Waals surface area contributed by atoms with Crippen LogP contribution < -0.4 is 9.62 Å². The van der Waals surface area contributed by atoms with Crippen LogP contribution in [0, 0.1) is 11.3 Å². The number of rotatable bonds is 10. The van der Waals surface area contributed by atoms with E-state index in [0.717, 1.165) is 48.0 Å². The van der Waals surface area contributed by atoms with Gasteiger partial charge in [-0.25, -0.2) is 13.2 Å². The van der Waals surface area contributed by atoms with Crippen LogP contribution in [-0.2, 0) is 26.6 Å². The summed E-state index contributed by atoms with van der Waals surface area (Å²) in [7, 11) is -2.71. The molecule has 2 heterocycles. The van der Waals surface area contributed by atoms with Crippen LogP contribution in [0.5, 0.6) is 0 Å². The van der Waals surface area contributed by atoms with Crippen LogP contribution in [0.1, 0.15) is 39.3 Å². The third-order valence-electron chi connectivity index (χ3n) is 7.44. The summed E-state index contributed by atoms with van der Waals surface area (Å²) in [5.41, 5.74) is 3.56. The Bertz CT molecular complexity index is 1730. The van der Waals surface area contributed by atoms with E-state index in [2.05, 4.69) is 49.1 Å². The van der Waals surface area contributed by atoms with Gasteiger partial charge in [0.2, 0.25) is 0 Å². The van der Waals surface area contributed by atoms with Crippen molar-refractivity contribution in [2.45, 2.75) is 51.9 Å². The number of carbonyl (C=O) groups excluding carboxylic acids is 1. The van der Waals surface area contributed by atoms with Gasteiger partial charge in [-0.05, 0) is 66.4 Å². The molecule has 1 saturated heterocycles. The number of ether oxygens (including phenoxy) is 1. The molecule has 0 amide bonds. The molecule has 0 aliphatic carbocycles. The zero-order valence-electron chi connectivity index (χ0n) is 24.5. The fraction of sp³-hybridized carbons (Fsp3) is 0.355. The Morgan fingerprint density at radius 1 is 1.05 bits per heavy atom. The lowest BCUT2D eigenvalue weighted by Crippen LogP contribution is -2.49. The van der Waals surface area contributed by atoms with Crippen molar-refractivity contribution in [2.75, 3.05) is 18.0 Å². The molecule has 0 unspecified atom stereocenters. The van der Waals surface area contributed by atoms with Gasteiger partial charge in [0.05, 0.1) is 6.20 Å². The molecule has 3 aromatic rings. The molecule has 228 valence electrons. The number of sulfonamides is 1. The summed E-state index contributed by atoms with van der Waals surface area (Å²) in [6.45, 7) is 7.83. The largest absolute Gasteiger partial charge is 0.425 e. The van der Waals surface area contributed by atoms with Gasteiger partial charge in [0.1, 0.15) is 18.3 Å². The van der Waals surface area contributed by atoms with E-state index in [1.54, 1.807) is 23.8 Å². The van der Waals surface area contributed by atoms with Crippen LogP contribution in [0.4, 0.5) is 5.69 Å². The molecule has 4 N–H and O–H groups in total. The van der Waals surface area contributed by atoms with Gasteiger partial charge >= 0.3 is 5.97 Å². The van der Waals surface area contributed by atoms with Crippen molar-refractivity contribution >= 4 is 38.0 Å². The Kier molecular flexibility index (Phi) is 9.62. The minimum atomic E-state index is -4.48. The molecule has 0 bridgehead atoms. The van der Waals surface area contributed by atoms with Gasteiger partial charge < -0.3 is 29.5 Å². The van der Waals surface area contributed by atoms with Gasteiger partial charge in [0.15, 0.2) is 16.8 Å². The van der Waals surface area contributed by atoms with Gasteiger partial charge in [-0.15, -0.1) is 0 Å². The predicted octanol–water partition coefficient (Wildman–Crippen LogP) is 3.13. The molecule has 12 heteroatoms. The fourth-order valence-corrected chi connectivity index (χ4v) is 6.18. The van der Waals surface area contributed by atoms with Crippen molar-refractivity contribution in [3.63, 3.8) is 0 Å². The second kappa shape index (κ2) is 13.0. The Balaban J connectivity index is 1.63. The van der Waals surface area contributed by atoms with Crippen molar-refractivity contribution in [3.8, 4) is 17.3 Å². The van der Waals surface area contributed by atoms with Gasteiger partial charge in [0.25, 0.3) is 10.0 Å². The third-order valence-corrected chi connectivity index (χ3v) is 8.81. The summed E-state index contributed by atoms with van der Waals surface area (Å²) < 4.78 is 34.6. The van der Waals surface area contributed by atoms with Crippen LogP contribution in [0.25, 0.3) is 27.6 Å². The van der Waals surface area contributed by atoms with Crippen LogP contribution in [0.2, 0.25) is 0 Å². The number of carbonyl (C=O) groups is 1. The lowest BCUT2D eigenvalue weighted by Gasteiger charge is -2.28. The molecule has 1 fully saturated rings. The number of aromatic nitrogens is 1. The second-order valence-electron chi connectivity index (χ2n) is 10.4. The van der Waals surface area contributed by atoms with Crippen molar-refractivity contribution in [2.24, 2.45) is 7.05 Å². The van der Waals surface area contributed by atoms with E-state index in [9.17, 15) is 33.8 Å². The van der Waals surface area contributed by atoms with E-state index in [1.165, 1.54) is 12.6 Å². The number of hydrogen-bond acceptors (Lipinski definition) is 9. The number of nitriles is 1. The number of nitrogens with one attached hydrogen (secondary N) is 1. The van der Waals surface area contributed by atoms with E-state index in [1.807, 2.05) is 16.9 Å². The smallest absolute Gasteiger partial charge is 0.343 e. The summed E-state index contributed by atoms with van der Waals surface area (Å²) in [5.74, 6) is -1.87. The first-order valence-corrected chi connectivity index (χ1v) is 15.5. The molecule has 0 spiro atoms. The molecule has 3 atom stereocenters. The van der Waals surface area contributed by atoms with E-state index in [0.29, 0.717) is 11.9 Å². The molecule has 0 saturated carbocycles. The Labute approximate surface area is 251 Å². The van der Waals surface area contributed by atoms with Crippen LogP contribution in [-0.4, -0.2) is 65.7 Å². The van der Waals surface area contributed by atoms with Crippen molar-refractivity contribution in [3.05, 3.63) is 71.1 Å². The number of nitrogens with zero attached hydrogens (tertiary/aromatic N) is 3. The van der Waals surface area contributed by atoms with E-state index >= 15 is 0 Å². The topological polar surface area (TPSA) is 165 Å². The predicted molar refractivity (Wildman–Crippen MR) is 164 cm³/mol. The van der Waals surface area contributed by atoms with E-state index < -0.39 is 45.0 Å². The maximum atomic E-state index is 13.1. The van der Waals surface area contributed by atoms with Gasteiger partial charge in [-0.2, -0.15) is 5.26 Å². The highest BCUT2D eigenvalue weighted by atomic mass is 32.2. The van der Waals surface area contributed by atoms with Crippen LogP contribution in [0.3, 0.4) is 0 Å². The van der Waals surface area contributed by atoms with Crippen LogP contribution >= 0.6 is 0 Å². The summed E-state index contributed by atoms with van der Waals surface area (Å²) >= 11 is 0. The quantitative estimate of drug-likeness (QED) is 0.200. The molecule has 11 nitrogen and oxygen atoms in total. The van der Waals surface area contributed by atoms with Gasteiger partial charge in [-0.1, -0.05) is 32.0 Å². The highest BCUT2D eigenvalue weighted by Crippen LogP contribution is 2.31. The van der Waals surface area contributed by atoms with Gasteiger partial charge in [-0.3, -0.25) is 4.72 Å². The SMILES string of the molecule is CCCN(CCC)c1ccc2cc(-c3ccc(/C(C)=C(\C#N)S(=O)(=O)N/C=C4/OC(=O)[C@H](O)[C@@H](O)[C@@H]4O)n3C)ccc2c1. The molecule has 1 aromatic heterocycles. The van der Waals surface area contributed by atoms with E-state index in [4.69, 9.17) is 4.74 Å². The molecule has 1 aliphatic heterocycles. The van der Waals surface area contributed by atoms with Crippen molar-refractivity contribution < 1.29 is 33.3 Å². The summed E-state index contributed by atoms with van der Waals surface area (Å²) in [6, 6.07) is 17.8. The average molecular weight is 609 g/mol. The molecule has 0 radical (unpaired) electrons. The summed E-state index contributed by atoms with van der Waals surface area (Å²) in [4.78, 5) is 13.5. The lowest BCUT2D eigenvalue weighted by molar-refractivity contribution is -0.173. The number of anilines is 1. The number of cyclic esters (lactones) is 1. The minimum Gasteiger partial charge on any atom is -0.425 e. The number of aliphatic hydroxyl groups is 3. The molecule has 1 aliphatic rings. The van der Waals surface area contributed by atoms with Crippen LogP contribution in [0.15, 0.2) is 65.4 Å². The number of hydrogen-bond donors (Lipinski definition) is 4. The maximum Gasteiger partial charge on any atom is 0.343 e. The van der Waals surface area contributed by atoms with Crippen molar-refractivity contribution in [1.29, 1.82) is 5.26 Å². The molecule has 2 aromatic carbocycles. The number of benzene rings is 2. The lowest BCUT2D eigenvalue weighted by atomic mass is 10.0. The summed E-state index contributed by atoms with van der Waals surface area (Å²) in [5, 5.41) is 41.3. The summed E-state index contributed by atoms with van der Waals surface area (Å²) in [6.07, 6.45) is -2.94. The highest BCUT2D eigenvalue weighted by molar-refractivity contribution is 7.94. The first-order chi connectivity index (χ1) is 20.4. The third kappa shape index (κ3) is 6.45. The first kappa shape index (κ1) is 31.8. The first-order valence-electron chi connectivity index (χ1n) is 14.0. The highest BCUT2D eigenvalue weighted by Gasteiger charge is 2.41. The van der Waals surface area contributed by atoms with Gasteiger partial charge in [0, 0.05) is 42.8 Å². The average Bonchev–Trinajstić information content (AvgIpc) is 3.37. The van der Waals surface area contributed by atoms with Crippen molar-refractivity contribution in [1.82, 2.24) is 9.29 Å². The number of esters is 1. The molecule has 4 rings (SSSR count). The van der Waals surface area contributed by atoms with E-state index in [-0.39, 0.29) is 5.57 Å². The number of aliphatic hydroxyl groups excluding tert-OH is 3. The second-order valence-corrected chi connectivity index (χ2v) is 12.1. The monoisotopic (exact) mass is 608 g/mol. The standard InChI is InChI=1S/C31H36N4O7S/c1-5-13-35(14-6-2)23-10-9-20-15-22(8-7-21(20)16-23)25-12-11-24(34(25)4)19(3)27(17-32)43(40,41)33-18-26-28(36)29(37)30(38)31(39)42-26/h7-12,15-16,18,28-30,33,36-38H,5-6,13-14H2,1-4H3/b26-18+,27-19+/t28-,29+,30-/m1/s1.